The van der Waals surface area contributed by atoms with E-state index in [-0.39, 0.29) is 22.3 Å². The second-order valence-corrected chi connectivity index (χ2v) is 4.57. The van der Waals surface area contributed by atoms with E-state index in [1.165, 1.54) is 17.9 Å². The first kappa shape index (κ1) is 15.3. The standard InChI is InChI=1S/C12H10ClF3N4O/c1-6-8(11(21)17-2)5-19-20(6)10-9(13)3-7(4-18-10)12(14,15)16/h3-5H,1-2H3,(H,17,21). The molecule has 0 saturated carbocycles. The number of nitrogens with zero attached hydrogens (tertiary/aromatic N) is 3. The average molecular weight is 319 g/mol. The highest BCUT2D eigenvalue weighted by Gasteiger charge is 2.32. The zero-order chi connectivity index (χ0) is 15.8. The molecular formula is C12H10ClF3N4O. The summed E-state index contributed by atoms with van der Waals surface area (Å²) in [5.41, 5.74) is -0.244. The van der Waals surface area contributed by atoms with Crippen LogP contribution in [0.2, 0.25) is 5.02 Å². The summed E-state index contributed by atoms with van der Waals surface area (Å²) in [4.78, 5) is 15.3. The molecule has 2 rings (SSSR count). The number of halogens is 4. The minimum absolute atomic E-state index is 0.0253. The lowest BCUT2D eigenvalue weighted by atomic mass is 10.2. The first-order chi connectivity index (χ1) is 9.75. The Morgan fingerprint density at radius 2 is 2.05 bits per heavy atom. The van der Waals surface area contributed by atoms with Gasteiger partial charge in [-0.05, 0) is 13.0 Å². The molecule has 1 amide bonds. The summed E-state index contributed by atoms with van der Waals surface area (Å²) in [5, 5.41) is 6.16. The number of aromatic nitrogens is 3. The fourth-order valence-electron chi connectivity index (χ4n) is 1.72. The fourth-order valence-corrected chi connectivity index (χ4v) is 1.97. The van der Waals surface area contributed by atoms with Crippen molar-refractivity contribution in [3.8, 4) is 5.82 Å². The van der Waals surface area contributed by atoms with Gasteiger partial charge in [-0.15, -0.1) is 0 Å². The maximum Gasteiger partial charge on any atom is 0.417 e. The molecule has 0 radical (unpaired) electrons. The number of rotatable bonds is 2. The Hall–Kier alpha value is -2.09. The summed E-state index contributed by atoms with van der Waals surface area (Å²) in [6.45, 7) is 1.59. The molecule has 0 aliphatic carbocycles. The summed E-state index contributed by atoms with van der Waals surface area (Å²) >= 11 is 5.84. The van der Waals surface area contributed by atoms with Gasteiger partial charge in [-0.25, -0.2) is 9.67 Å². The van der Waals surface area contributed by atoms with Gasteiger partial charge in [-0.2, -0.15) is 18.3 Å². The smallest absolute Gasteiger partial charge is 0.355 e. The Bertz CT molecular complexity index is 696. The van der Waals surface area contributed by atoms with Gasteiger partial charge in [0.05, 0.1) is 28.0 Å². The molecule has 0 aliphatic rings. The number of pyridine rings is 1. The lowest BCUT2D eigenvalue weighted by molar-refractivity contribution is -0.137. The Labute approximate surface area is 122 Å². The largest absolute Gasteiger partial charge is 0.417 e. The van der Waals surface area contributed by atoms with Crippen LogP contribution in [0, 0.1) is 6.92 Å². The van der Waals surface area contributed by atoms with E-state index in [0.29, 0.717) is 11.9 Å². The van der Waals surface area contributed by atoms with Crippen LogP contribution in [0.25, 0.3) is 5.82 Å². The van der Waals surface area contributed by atoms with Gasteiger partial charge >= 0.3 is 6.18 Å². The van der Waals surface area contributed by atoms with Gasteiger partial charge in [0, 0.05) is 13.2 Å². The van der Waals surface area contributed by atoms with Crippen LogP contribution in [0.3, 0.4) is 0 Å². The predicted molar refractivity (Wildman–Crippen MR) is 69.5 cm³/mol. The molecule has 21 heavy (non-hydrogen) atoms. The van der Waals surface area contributed by atoms with E-state index in [4.69, 9.17) is 11.6 Å². The third kappa shape index (κ3) is 2.85. The molecule has 1 N–H and O–H groups in total. The lowest BCUT2D eigenvalue weighted by Crippen LogP contribution is -2.18. The van der Waals surface area contributed by atoms with Crippen molar-refractivity contribution in [1.29, 1.82) is 0 Å². The molecule has 0 aliphatic heterocycles. The summed E-state index contributed by atoms with van der Waals surface area (Å²) in [7, 11) is 1.46. The second-order valence-electron chi connectivity index (χ2n) is 4.16. The van der Waals surface area contributed by atoms with Crippen molar-refractivity contribution >= 4 is 17.5 Å². The quantitative estimate of drug-likeness (QED) is 0.926. The van der Waals surface area contributed by atoms with Gasteiger partial charge in [0.15, 0.2) is 5.82 Å². The number of amides is 1. The third-order valence-electron chi connectivity index (χ3n) is 2.83. The zero-order valence-corrected chi connectivity index (χ0v) is 11.7. The van der Waals surface area contributed by atoms with Gasteiger partial charge in [0.1, 0.15) is 0 Å². The average Bonchev–Trinajstić information content (AvgIpc) is 2.78. The van der Waals surface area contributed by atoms with Crippen LogP contribution in [-0.4, -0.2) is 27.7 Å². The number of carbonyl (C=O) groups excluding carboxylic acids is 1. The molecule has 0 unspecified atom stereocenters. The Morgan fingerprint density at radius 1 is 1.38 bits per heavy atom. The Balaban J connectivity index is 2.49. The van der Waals surface area contributed by atoms with Gasteiger partial charge in [0.2, 0.25) is 0 Å². The van der Waals surface area contributed by atoms with Gasteiger partial charge in [-0.1, -0.05) is 11.6 Å². The lowest BCUT2D eigenvalue weighted by Gasteiger charge is -2.10. The number of hydrogen-bond donors (Lipinski definition) is 1. The van der Waals surface area contributed by atoms with Crippen LogP contribution in [-0.2, 0) is 6.18 Å². The van der Waals surface area contributed by atoms with Gasteiger partial charge in [0.25, 0.3) is 5.91 Å². The highest BCUT2D eigenvalue weighted by atomic mass is 35.5. The van der Waals surface area contributed by atoms with Crippen molar-refractivity contribution in [2.24, 2.45) is 0 Å². The normalized spacial score (nSPS) is 11.5. The molecule has 0 spiro atoms. The molecule has 0 fully saturated rings. The predicted octanol–water partition coefficient (Wildman–Crippen LogP) is 2.61. The minimum Gasteiger partial charge on any atom is -0.355 e. The van der Waals surface area contributed by atoms with Crippen LogP contribution < -0.4 is 5.32 Å². The van der Waals surface area contributed by atoms with Crippen LogP contribution in [0.1, 0.15) is 21.6 Å². The monoisotopic (exact) mass is 318 g/mol. The first-order valence-electron chi connectivity index (χ1n) is 5.75. The Kier molecular flexibility index (Phi) is 3.91. The number of hydrogen-bond acceptors (Lipinski definition) is 3. The van der Waals surface area contributed by atoms with Crippen molar-refractivity contribution in [3.63, 3.8) is 0 Å². The number of nitrogens with one attached hydrogen (secondary N) is 1. The summed E-state index contributed by atoms with van der Waals surface area (Å²) in [6, 6.07) is 0.768. The van der Waals surface area contributed by atoms with Crippen molar-refractivity contribution in [2.75, 3.05) is 7.05 Å². The molecule has 0 saturated heterocycles. The van der Waals surface area contributed by atoms with Crippen molar-refractivity contribution in [3.05, 3.63) is 40.3 Å². The molecule has 9 heteroatoms. The van der Waals surface area contributed by atoms with Crippen molar-refractivity contribution in [2.45, 2.75) is 13.1 Å². The maximum absolute atomic E-state index is 12.6. The van der Waals surface area contributed by atoms with Crippen molar-refractivity contribution < 1.29 is 18.0 Å². The van der Waals surface area contributed by atoms with Crippen LogP contribution in [0.15, 0.2) is 18.5 Å². The maximum atomic E-state index is 12.6. The summed E-state index contributed by atoms with van der Waals surface area (Å²) in [5.74, 6) is -0.334. The van der Waals surface area contributed by atoms with E-state index in [9.17, 15) is 18.0 Å². The van der Waals surface area contributed by atoms with Gasteiger partial charge < -0.3 is 5.32 Å². The molecule has 5 nitrogen and oxygen atoms in total. The fraction of sp³-hybridized carbons (Fsp3) is 0.250. The van der Waals surface area contributed by atoms with E-state index < -0.39 is 11.7 Å². The first-order valence-corrected chi connectivity index (χ1v) is 6.13. The molecular weight excluding hydrogens is 309 g/mol. The van der Waals surface area contributed by atoms with Crippen LogP contribution >= 0.6 is 11.6 Å². The summed E-state index contributed by atoms with van der Waals surface area (Å²) in [6.07, 6.45) is -2.56. The molecule has 0 bridgehead atoms. The minimum atomic E-state index is -4.53. The second kappa shape index (κ2) is 5.36. The highest BCUT2D eigenvalue weighted by molar-refractivity contribution is 6.32. The van der Waals surface area contributed by atoms with Crippen LogP contribution in [0.4, 0.5) is 13.2 Å². The van der Waals surface area contributed by atoms with Gasteiger partial charge in [-0.3, -0.25) is 4.79 Å². The molecule has 112 valence electrons. The topological polar surface area (TPSA) is 59.8 Å². The molecule has 0 atom stereocenters. The highest BCUT2D eigenvalue weighted by Crippen LogP contribution is 2.32. The van der Waals surface area contributed by atoms with E-state index in [2.05, 4.69) is 15.4 Å². The number of carbonyl (C=O) groups is 1. The van der Waals surface area contributed by atoms with E-state index >= 15 is 0 Å². The Morgan fingerprint density at radius 3 is 2.57 bits per heavy atom. The molecule has 2 aromatic heterocycles. The van der Waals surface area contributed by atoms with E-state index in [0.717, 1.165) is 6.07 Å². The number of alkyl halides is 3. The summed E-state index contributed by atoms with van der Waals surface area (Å²) < 4.78 is 38.9. The van der Waals surface area contributed by atoms with Crippen molar-refractivity contribution in [1.82, 2.24) is 20.1 Å². The molecule has 2 aromatic rings. The SMILES string of the molecule is CNC(=O)c1cnn(-c2ncc(C(F)(F)F)cc2Cl)c1C. The third-order valence-corrected chi connectivity index (χ3v) is 3.11. The zero-order valence-electron chi connectivity index (χ0n) is 11.0. The molecule has 0 aromatic carbocycles. The van der Waals surface area contributed by atoms with Crippen LogP contribution in [0.5, 0.6) is 0 Å². The van der Waals surface area contributed by atoms with E-state index in [1.54, 1.807) is 6.92 Å². The molecule has 2 heterocycles. The van der Waals surface area contributed by atoms with E-state index in [1.807, 2.05) is 0 Å².